The molecule has 0 spiro atoms. The lowest BCUT2D eigenvalue weighted by Crippen LogP contribution is -2.23. The van der Waals surface area contributed by atoms with Crippen LogP contribution in [0.2, 0.25) is 0 Å². The van der Waals surface area contributed by atoms with Gasteiger partial charge >= 0.3 is 0 Å². The van der Waals surface area contributed by atoms with Crippen LogP contribution >= 0.6 is 0 Å². The molecular weight excluding hydrogens is 170 g/mol. The van der Waals surface area contributed by atoms with E-state index in [4.69, 9.17) is 0 Å². The zero-order valence-electron chi connectivity index (χ0n) is 9.81. The number of allylic oxidation sites excluding steroid dienone is 1. The van der Waals surface area contributed by atoms with E-state index in [1.165, 1.54) is 44.2 Å². The minimum atomic E-state index is 0.760. The second-order valence-corrected chi connectivity index (χ2v) is 4.97. The summed E-state index contributed by atoms with van der Waals surface area (Å²) in [6.07, 6.45) is 8.19. The monoisotopic (exact) mass is 195 g/mol. The molecule has 1 heteroatoms. The van der Waals surface area contributed by atoms with Gasteiger partial charge in [-0.2, -0.15) is 0 Å². The van der Waals surface area contributed by atoms with Crippen molar-refractivity contribution in [3.8, 4) is 0 Å². The summed E-state index contributed by atoms with van der Waals surface area (Å²) in [6, 6.07) is 0. The van der Waals surface area contributed by atoms with Crippen LogP contribution in [-0.4, -0.2) is 6.54 Å². The lowest BCUT2D eigenvalue weighted by molar-refractivity contribution is 0.384. The molecule has 0 aromatic heterocycles. The molecule has 0 unspecified atom stereocenters. The van der Waals surface area contributed by atoms with E-state index < -0.39 is 0 Å². The Morgan fingerprint density at radius 3 is 2.50 bits per heavy atom. The Kier molecular flexibility index (Phi) is 5.06. The predicted octanol–water partition coefficient (Wildman–Crippen LogP) is 3.72. The normalized spacial score (nSPS) is 18.5. The summed E-state index contributed by atoms with van der Waals surface area (Å²) < 4.78 is 0. The summed E-state index contributed by atoms with van der Waals surface area (Å²) in [5.41, 5.74) is 1.30. The molecule has 1 nitrogen and oxygen atoms in total. The van der Waals surface area contributed by atoms with Crippen LogP contribution in [0.25, 0.3) is 0 Å². The maximum Gasteiger partial charge on any atom is 0.0146 e. The first-order chi connectivity index (χ1) is 6.70. The molecule has 1 rings (SSSR count). The van der Waals surface area contributed by atoms with Gasteiger partial charge in [0.1, 0.15) is 0 Å². The van der Waals surface area contributed by atoms with Gasteiger partial charge in [-0.15, -0.1) is 0 Å². The molecule has 0 bridgehead atoms. The number of hydrogen-bond acceptors (Lipinski definition) is 1. The summed E-state index contributed by atoms with van der Waals surface area (Å²) in [7, 11) is 0. The van der Waals surface area contributed by atoms with Gasteiger partial charge in [0.25, 0.3) is 0 Å². The van der Waals surface area contributed by atoms with Crippen molar-refractivity contribution in [2.24, 2.45) is 11.8 Å². The first-order valence-electron chi connectivity index (χ1n) is 6.13. The second kappa shape index (κ2) is 6.10. The van der Waals surface area contributed by atoms with Crippen molar-refractivity contribution >= 4 is 0 Å². The highest BCUT2D eigenvalue weighted by Crippen LogP contribution is 2.27. The Hall–Kier alpha value is -0.460. The van der Waals surface area contributed by atoms with Gasteiger partial charge in [-0.05, 0) is 31.1 Å². The van der Waals surface area contributed by atoms with Crippen LogP contribution in [0, 0.1) is 11.8 Å². The quantitative estimate of drug-likeness (QED) is 0.705. The standard InChI is InChI=1S/C13H25N/c1-11(2)9-10-14-12(3)13-7-5-4-6-8-13/h11,13-14H,3-10H2,1-2H3. The van der Waals surface area contributed by atoms with Gasteiger partial charge in [-0.3, -0.25) is 0 Å². The highest BCUT2D eigenvalue weighted by atomic mass is 14.9. The minimum absolute atomic E-state index is 0.760. The molecule has 0 radical (unpaired) electrons. The third kappa shape index (κ3) is 4.17. The van der Waals surface area contributed by atoms with Crippen LogP contribution < -0.4 is 5.32 Å². The smallest absolute Gasteiger partial charge is 0.0146 e. The molecule has 0 amide bonds. The molecule has 1 aliphatic carbocycles. The van der Waals surface area contributed by atoms with Crippen molar-refractivity contribution in [2.75, 3.05) is 6.54 Å². The van der Waals surface area contributed by atoms with Crippen LogP contribution in [0.15, 0.2) is 12.3 Å². The van der Waals surface area contributed by atoms with Gasteiger partial charge in [-0.1, -0.05) is 39.7 Å². The van der Waals surface area contributed by atoms with E-state index in [-0.39, 0.29) is 0 Å². The molecule has 0 saturated heterocycles. The Balaban J connectivity index is 2.13. The maximum absolute atomic E-state index is 4.16. The summed E-state index contributed by atoms with van der Waals surface area (Å²) in [5, 5.41) is 3.49. The Morgan fingerprint density at radius 1 is 1.29 bits per heavy atom. The fraction of sp³-hybridized carbons (Fsp3) is 0.846. The molecule has 1 saturated carbocycles. The summed E-state index contributed by atoms with van der Waals surface area (Å²) in [4.78, 5) is 0. The summed E-state index contributed by atoms with van der Waals surface area (Å²) >= 11 is 0. The molecular formula is C13H25N. The van der Waals surface area contributed by atoms with Gasteiger partial charge in [0, 0.05) is 12.2 Å². The zero-order valence-corrected chi connectivity index (χ0v) is 9.81. The topological polar surface area (TPSA) is 12.0 Å². The molecule has 1 aliphatic rings. The Morgan fingerprint density at radius 2 is 1.93 bits per heavy atom. The van der Waals surface area contributed by atoms with Gasteiger partial charge in [0.2, 0.25) is 0 Å². The van der Waals surface area contributed by atoms with E-state index in [2.05, 4.69) is 25.7 Å². The SMILES string of the molecule is C=C(NCCC(C)C)C1CCCCC1. The van der Waals surface area contributed by atoms with Crippen LogP contribution in [0.5, 0.6) is 0 Å². The van der Waals surface area contributed by atoms with Crippen LogP contribution in [0.4, 0.5) is 0 Å². The van der Waals surface area contributed by atoms with Gasteiger partial charge in [-0.25, -0.2) is 0 Å². The molecule has 0 aromatic carbocycles. The third-order valence-corrected chi connectivity index (χ3v) is 3.17. The van der Waals surface area contributed by atoms with E-state index in [0.717, 1.165) is 18.4 Å². The minimum Gasteiger partial charge on any atom is -0.389 e. The van der Waals surface area contributed by atoms with Crippen LogP contribution in [-0.2, 0) is 0 Å². The first-order valence-corrected chi connectivity index (χ1v) is 6.13. The van der Waals surface area contributed by atoms with Crippen LogP contribution in [0.1, 0.15) is 52.4 Å². The molecule has 14 heavy (non-hydrogen) atoms. The fourth-order valence-corrected chi connectivity index (χ4v) is 2.12. The molecule has 0 heterocycles. The third-order valence-electron chi connectivity index (χ3n) is 3.17. The number of hydrogen-bond donors (Lipinski definition) is 1. The highest BCUT2D eigenvalue weighted by Gasteiger charge is 2.15. The molecule has 1 fully saturated rings. The largest absolute Gasteiger partial charge is 0.389 e. The Bertz CT molecular complexity index is 166. The maximum atomic E-state index is 4.16. The van der Waals surface area contributed by atoms with Gasteiger partial charge < -0.3 is 5.32 Å². The van der Waals surface area contributed by atoms with Gasteiger partial charge in [0.15, 0.2) is 0 Å². The molecule has 1 N–H and O–H groups in total. The van der Waals surface area contributed by atoms with Crippen molar-refractivity contribution in [2.45, 2.75) is 52.4 Å². The van der Waals surface area contributed by atoms with E-state index >= 15 is 0 Å². The van der Waals surface area contributed by atoms with E-state index in [1.807, 2.05) is 0 Å². The average Bonchev–Trinajstić information content (AvgIpc) is 2.18. The lowest BCUT2D eigenvalue weighted by Gasteiger charge is -2.24. The highest BCUT2D eigenvalue weighted by molar-refractivity contribution is 4.99. The zero-order chi connectivity index (χ0) is 10.4. The molecule has 82 valence electrons. The van der Waals surface area contributed by atoms with Crippen molar-refractivity contribution in [3.63, 3.8) is 0 Å². The predicted molar refractivity (Wildman–Crippen MR) is 63.2 cm³/mol. The van der Waals surface area contributed by atoms with Crippen LogP contribution in [0.3, 0.4) is 0 Å². The summed E-state index contributed by atoms with van der Waals surface area (Å²) in [6.45, 7) is 9.81. The average molecular weight is 195 g/mol. The van der Waals surface area contributed by atoms with Crippen molar-refractivity contribution in [1.29, 1.82) is 0 Å². The molecule has 0 atom stereocenters. The van der Waals surface area contributed by atoms with Gasteiger partial charge in [0.05, 0.1) is 0 Å². The van der Waals surface area contributed by atoms with Crippen molar-refractivity contribution < 1.29 is 0 Å². The number of nitrogens with one attached hydrogen (secondary N) is 1. The second-order valence-electron chi connectivity index (χ2n) is 4.97. The molecule has 0 aliphatic heterocycles. The number of rotatable bonds is 5. The van der Waals surface area contributed by atoms with Crippen molar-refractivity contribution in [1.82, 2.24) is 5.32 Å². The summed E-state index contributed by atoms with van der Waals surface area (Å²) in [5.74, 6) is 1.55. The van der Waals surface area contributed by atoms with E-state index in [1.54, 1.807) is 0 Å². The lowest BCUT2D eigenvalue weighted by atomic mass is 9.87. The first kappa shape index (κ1) is 11.6. The fourth-order valence-electron chi connectivity index (χ4n) is 2.12. The Labute approximate surface area is 89.0 Å². The van der Waals surface area contributed by atoms with E-state index in [9.17, 15) is 0 Å². The van der Waals surface area contributed by atoms with Crippen molar-refractivity contribution in [3.05, 3.63) is 12.3 Å². The van der Waals surface area contributed by atoms with E-state index in [0.29, 0.717) is 0 Å². The molecule has 0 aromatic rings.